The van der Waals surface area contributed by atoms with Crippen LogP contribution < -0.4 is 9.64 Å². The molecule has 0 radical (unpaired) electrons. The van der Waals surface area contributed by atoms with Crippen LogP contribution in [0.4, 0.5) is 5.69 Å². The Morgan fingerprint density at radius 1 is 1.21 bits per heavy atom. The van der Waals surface area contributed by atoms with E-state index in [4.69, 9.17) is 9.47 Å². The molecule has 1 aliphatic rings. The van der Waals surface area contributed by atoms with Crippen LogP contribution in [0.1, 0.15) is 18.4 Å². The van der Waals surface area contributed by atoms with Gasteiger partial charge in [-0.1, -0.05) is 30.3 Å². The van der Waals surface area contributed by atoms with E-state index in [1.54, 1.807) is 7.11 Å². The molecule has 1 heterocycles. The van der Waals surface area contributed by atoms with E-state index in [0.29, 0.717) is 13.0 Å². The molecule has 1 amide bonds. The van der Waals surface area contributed by atoms with Gasteiger partial charge in [0.2, 0.25) is 5.91 Å². The first-order valence-corrected chi connectivity index (χ1v) is 8.36. The average Bonchev–Trinajstić information content (AvgIpc) is 3.14. The highest BCUT2D eigenvalue weighted by Gasteiger charge is 2.23. The summed E-state index contributed by atoms with van der Waals surface area (Å²) in [7, 11) is 1.63. The van der Waals surface area contributed by atoms with Crippen LogP contribution in [0, 0.1) is 0 Å². The second-order valence-corrected chi connectivity index (χ2v) is 6.00. The lowest BCUT2D eigenvalue weighted by atomic mass is 10.1. The van der Waals surface area contributed by atoms with Crippen LogP contribution in [0.3, 0.4) is 0 Å². The lowest BCUT2D eigenvalue weighted by molar-refractivity contribution is -0.118. The van der Waals surface area contributed by atoms with Crippen molar-refractivity contribution in [2.24, 2.45) is 0 Å². The molecule has 1 aliphatic heterocycles. The van der Waals surface area contributed by atoms with E-state index in [1.807, 2.05) is 59.5 Å². The first-order valence-electron chi connectivity index (χ1n) is 8.36. The van der Waals surface area contributed by atoms with Crippen LogP contribution in [-0.2, 0) is 16.0 Å². The molecule has 0 saturated carbocycles. The molecule has 0 N–H and O–H groups in total. The van der Waals surface area contributed by atoms with E-state index < -0.39 is 0 Å². The normalized spacial score (nSPS) is 16.8. The summed E-state index contributed by atoms with van der Waals surface area (Å²) in [5.41, 5.74) is 1.87. The Kier molecular flexibility index (Phi) is 5.49. The lowest BCUT2D eigenvalue weighted by Gasteiger charge is -2.26. The molecule has 24 heavy (non-hydrogen) atoms. The van der Waals surface area contributed by atoms with Crippen LogP contribution in [0.15, 0.2) is 54.6 Å². The summed E-state index contributed by atoms with van der Waals surface area (Å²) >= 11 is 0. The van der Waals surface area contributed by atoms with E-state index in [9.17, 15) is 4.79 Å². The van der Waals surface area contributed by atoms with Crippen LogP contribution >= 0.6 is 0 Å². The monoisotopic (exact) mass is 325 g/mol. The van der Waals surface area contributed by atoms with Gasteiger partial charge in [0.15, 0.2) is 0 Å². The van der Waals surface area contributed by atoms with Crippen molar-refractivity contribution in [2.75, 3.05) is 25.2 Å². The minimum Gasteiger partial charge on any atom is -0.497 e. The number of benzene rings is 2. The van der Waals surface area contributed by atoms with Gasteiger partial charge in [-0.25, -0.2) is 0 Å². The van der Waals surface area contributed by atoms with E-state index in [2.05, 4.69) is 0 Å². The summed E-state index contributed by atoms with van der Waals surface area (Å²) in [4.78, 5) is 14.8. The summed E-state index contributed by atoms with van der Waals surface area (Å²) in [6.07, 6.45) is 2.55. The van der Waals surface area contributed by atoms with E-state index >= 15 is 0 Å². The molecular weight excluding hydrogens is 302 g/mol. The zero-order valence-corrected chi connectivity index (χ0v) is 14.0. The molecule has 2 aromatic carbocycles. The van der Waals surface area contributed by atoms with Gasteiger partial charge >= 0.3 is 0 Å². The smallest absolute Gasteiger partial charge is 0.231 e. The molecule has 3 rings (SSSR count). The Morgan fingerprint density at radius 3 is 2.75 bits per heavy atom. The number of methoxy groups -OCH3 is 1. The van der Waals surface area contributed by atoms with E-state index in [0.717, 1.165) is 36.4 Å². The van der Waals surface area contributed by atoms with Crippen molar-refractivity contribution in [3.8, 4) is 5.75 Å². The SMILES string of the molecule is COc1cccc(CC(=O)N(CC2CCCO2)c2ccccc2)c1. The number of ether oxygens (including phenoxy) is 2. The number of rotatable bonds is 6. The van der Waals surface area contributed by atoms with Crippen molar-refractivity contribution >= 4 is 11.6 Å². The predicted molar refractivity (Wildman–Crippen MR) is 94.5 cm³/mol. The third-order valence-corrected chi connectivity index (χ3v) is 4.27. The maximum Gasteiger partial charge on any atom is 0.231 e. The highest BCUT2D eigenvalue weighted by molar-refractivity contribution is 5.94. The van der Waals surface area contributed by atoms with Gasteiger partial charge < -0.3 is 14.4 Å². The Balaban J connectivity index is 1.77. The predicted octanol–water partition coefficient (Wildman–Crippen LogP) is 3.45. The molecule has 1 atom stereocenters. The Morgan fingerprint density at radius 2 is 2.04 bits per heavy atom. The lowest BCUT2D eigenvalue weighted by Crippen LogP contribution is -2.38. The minimum absolute atomic E-state index is 0.0740. The van der Waals surface area contributed by atoms with Crippen molar-refractivity contribution in [3.63, 3.8) is 0 Å². The molecule has 0 aromatic heterocycles. The number of hydrogen-bond donors (Lipinski definition) is 0. The fourth-order valence-electron chi connectivity index (χ4n) is 3.00. The molecule has 0 spiro atoms. The van der Waals surface area contributed by atoms with Gasteiger partial charge in [-0.2, -0.15) is 0 Å². The number of amides is 1. The van der Waals surface area contributed by atoms with Crippen molar-refractivity contribution < 1.29 is 14.3 Å². The molecule has 4 heteroatoms. The minimum atomic E-state index is 0.0740. The van der Waals surface area contributed by atoms with Crippen LogP contribution in [-0.4, -0.2) is 32.3 Å². The van der Waals surface area contributed by atoms with E-state index in [-0.39, 0.29) is 12.0 Å². The second-order valence-electron chi connectivity index (χ2n) is 6.00. The van der Waals surface area contributed by atoms with Gasteiger partial charge in [0.1, 0.15) is 5.75 Å². The van der Waals surface area contributed by atoms with Gasteiger partial charge in [0.05, 0.1) is 26.2 Å². The van der Waals surface area contributed by atoms with Crippen LogP contribution in [0.25, 0.3) is 0 Å². The molecule has 126 valence electrons. The fraction of sp³-hybridized carbons (Fsp3) is 0.350. The molecule has 1 saturated heterocycles. The molecule has 0 aliphatic carbocycles. The number of para-hydroxylation sites is 1. The van der Waals surface area contributed by atoms with Gasteiger partial charge in [-0.15, -0.1) is 0 Å². The van der Waals surface area contributed by atoms with Crippen molar-refractivity contribution in [3.05, 3.63) is 60.2 Å². The summed E-state index contributed by atoms with van der Waals surface area (Å²) in [6, 6.07) is 17.5. The summed E-state index contributed by atoms with van der Waals surface area (Å²) in [5.74, 6) is 0.843. The molecule has 1 unspecified atom stereocenters. The Hall–Kier alpha value is -2.33. The van der Waals surface area contributed by atoms with Gasteiger partial charge in [-0.05, 0) is 42.7 Å². The standard InChI is InChI=1S/C20H23NO3/c1-23-18-10-5-7-16(13-18)14-20(22)21(15-19-11-6-12-24-19)17-8-3-2-4-9-17/h2-5,7-10,13,19H,6,11-12,14-15H2,1H3. The third kappa shape index (κ3) is 4.15. The number of anilines is 1. The highest BCUT2D eigenvalue weighted by atomic mass is 16.5. The summed E-state index contributed by atoms with van der Waals surface area (Å²) < 4.78 is 11.0. The van der Waals surface area contributed by atoms with Gasteiger partial charge in [0, 0.05) is 12.3 Å². The third-order valence-electron chi connectivity index (χ3n) is 4.27. The second kappa shape index (κ2) is 7.97. The molecular formula is C20H23NO3. The summed E-state index contributed by atoms with van der Waals surface area (Å²) in [6.45, 7) is 1.39. The first-order chi connectivity index (χ1) is 11.8. The number of carbonyl (C=O) groups is 1. The molecule has 1 fully saturated rings. The fourth-order valence-corrected chi connectivity index (χ4v) is 3.00. The van der Waals surface area contributed by atoms with Crippen molar-refractivity contribution in [1.82, 2.24) is 0 Å². The number of hydrogen-bond acceptors (Lipinski definition) is 3. The van der Waals surface area contributed by atoms with E-state index in [1.165, 1.54) is 0 Å². The topological polar surface area (TPSA) is 38.8 Å². The Bertz CT molecular complexity index is 666. The van der Waals surface area contributed by atoms with Gasteiger partial charge in [-0.3, -0.25) is 4.79 Å². The number of nitrogens with zero attached hydrogens (tertiary/aromatic N) is 1. The molecule has 4 nitrogen and oxygen atoms in total. The molecule has 0 bridgehead atoms. The average molecular weight is 325 g/mol. The van der Waals surface area contributed by atoms with Crippen LogP contribution in [0.5, 0.6) is 5.75 Å². The maximum atomic E-state index is 12.9. The summed E-state index contributed by atoms with van der Waals surface area (Å²) in [5, 5.41) is 0. The van der Waals surface area contributed by atoms with Crippen molar-refractivity contribution in [1.29, 1.82) is 0 Å². The zero-order valence-electron chi connectivity index (χ0n) is 14.0. The zero-order chi connectivity index (χ0) is 16.8. The van der Waals surface area contributed by atoms with Gasteiger partial charge in [0.25, 0.3) is 0 Å². The quantitative estimate of drug-likeness (QED) is 0.816. The number of carbonyl (C=O) groups excluding carboxylic acids is 1. The van der Waals surface area contributed by atoms with Crippen molar-refractivity contribution in [2.45, 2.75) is 25.4 Å². The van der Waals surface area contributed by atoms with Crippen LogP contribution in [0.2, 0.25) is 0 Å². The maximum absolute atomic E-state index is 12.9. The first kappa shape index (κ1) is 16.5. The highest BCUT2D eigenvalue weighted by Crippen LogP contribution is 2.21. The molecule has 2 aromatic rings. The Labute approximate surface area is 143 Å². The largest absolute Gasteiger partial charge is 0.497 e.